The Bertz CT molecular complexity index is 1270. The topological polar surface area (TPSA) is 79.6 Å². The molecule has 0 radical (unpaired) electrons. The molecular formula is C26H28ClFN4O3. The average molecular weight is 499 g/mol. The van der Waals surface area contributed by atoms with Gasteiger partial charge in [0.25, 0.3) is 5.91 Å². The van der Waals surface area contributed by atoms with Gasteiger partial charge in [-0.05, 0) is 49.2 Å². The molecule has 184 valence electrons. The van der Waals surface area contributed by atoms with E-state index in [1.807, 2.05) is 36.7 Å². The molecule has 7 nitrogen and oxygen atoms in total. The Morgan fingerprint density at radius 3 is 2.71 bits per heavy atom. The van der Waals surface area contributed by atoms with E-state index in [0.29, 0.717) is 48.4 Å². The minimum absolute atomic E-state index is 0.126. The molecule has 1 saturated heterocycles. The number of hydrogen-bond acceptors (Lipinski definition) is 5. The highest BCUT2D eigenvalue weighted by molar-refractivity contribution is 6.33. The summed E-state index contributed by atoms with van der Waals surface area (Å²) in [6.07, 6.45) is 3.58. The number of anilines is 1. The highest BCUT2D eigenvalue weighted by Crippen LogP contribution is 2.38. The lowest BCUT2D eigenvalue weighted by Crippen LogP contribution is -2.52. The van der Waals surface area contributed by atoms with Crippen molar-refractivity contribution in [1.29, 1.82) is 0 Å². The number of aromatic nitrogens is 2. The van der Waals surface area contributed by atoms with Crippen LogP contribution in [0.3, 0.4) is 0 Å². The molecule has 2 aromatic heterocycles. The van der Waals surface area contributed by atoms with E-state index in [1.165, 1.54) is 12.1 Å². The fourth-order valence-electron chi connectivity index (χ4n) is 4.85. The first-order valence-electron chi connectivity index (χ1n) is 11.6. The van der Waals surface area contributed by atoms with Crippen LogP contribution in [0.15, 0.2) is 42.7 Å². The molecule has 3 aromatic rings. The van der Waals surface area contributed by atoms with E-state index in [9.17, 15) is 14.3 Å². The van der Waals surface area contributed by atoms with Gasteiger partial charge in [0, 0.05) is 49.2 Å². The quantitative estimate of drug-likeness (QED) is 0.529. The van der Waals surface area contributed by atoms with Crippen molar-refractivity contribution in [2.45, 2.75) is 39.6 Å². The van der Waals surface area contributed by atoms with Gasteiger partial charge in [-0.1, -0.05) is 17.7 Å². The summed E-state index contributed by atoms with van der Waals surface area (Å²) in [7, 11) is 0. The fraction of sp³-hybridized carbons (Fsp3) is 0.385. The average Bonchev–Trinajstić information content (AvgIpc) is 3.17. The number of pyridine rings is 1. The van der Waals surface area contributed by atoms with Crippen molar-refractivity contribution in [3.8, 4) is 11.1 Å². The third-order valence-electron chi connectivity index (χ3n) is 6.55. The second kappa shape index (κ2) is 9.26. The standard InChI is InChI=1S/C26H28ClFN4O3/c1-16(2)30-24-7-21(22(27)8-29-24)18-6-23-25(34)32(9-17-3-4-20(28)5-19(17)11-33)13-26(14-35-15-26)12-31(23)10-18/h3-8,10,16,33H,9,11-15H2,1-2H3,(H,29,30). The van der Waals surface area contributed by atoms with Crippen LogP contribution in [-0.4, -0.2) is 51.3 Å². The zero-order valence-electron chi connectivity index (χ0n) is 19.7. The molecule has 0 saturated carbocycles. The summed E-state index contributed by atoms with van der Waals surface area (Å²) in [4.78, 5) is 19.9. The van der Waals surface area contributed by atoms with Crippen molar-refractivity contribution < 1.29 is 19.0 Å². The van der Waals surface area contributed by atoms with Crippen molar-refractivity contribution in [3.05, 3.63) is 70.4 Å². The molecule has 35 heavy (non-hydrogen) atoms. The number of benzene rings is 1. The number of nitrogens with zero attached hydrogens (tertiary/aromatic N) is 3. The van der Waals surface area contributed by atoms with Gasteiger partial charge in [0.1, 0.15) is 17.3 Å². The zero-order chi connectivity index (χ0) is 24.7. The molecule has 1 aromatic carbocycles. The summed E-state index contributed by atoms with van der Waals surface area (Å²) in [5.74, 6) is 0.173. The molecule has 0 aliphatic carbocycles. The first-order chi connectivity index (χ1) is 16.8. The Balaban J connectivity index is 1.52. The number of carbonyl (C=O) groups is 1. The van der Waals surface area contributed by atoms with Crippen LogP contribution in [-0.2, 0) is 24.4 Å². The molecule has 1 amide bonds. The molecule has 1 spiro atoms. The Labute approximate surface area is 208 Å². The molecule has 0 unspecified atom stereocenters. The van der Waals surface area contributed by atoms with Gasteiger partial charge in [-0.2, -0.15) is 0 Å². The molecule has 2 aliphatic rings. The second-order valence-corrected chi connectivity index (χ2v) is 10.2. The minimum atomic E-state index is -0.414. The number of rotatable bonds is 6. The van der Waals surface area contributed by atoms with Gasteiger partial charge < -0.3 is 24.6 Å². The molecule has 5 rings (SSSR count). The summed E-state index contributed by atoms with van der Waals surface area (Å²) in [6, 6.07) is 8.28. The molecule has 0 atom stereocenters. The van der Waals surface area contributed by atoms with Crippen molar-refractivity contribution in [2.75, 3.05) is 25.1 Å². The maximum atomic E-state index is 13.7. The summed E-state index contributed by atoms with van der Waals surface area (Å²) >= 11 is 6.51. The Morgan fingerprint density at radius 2 is 2.03 bits per heavy atom. The second-order valence-electron chi connectivity index (χ2n) is 9.82. The Hall–Kier alpha value is -2.94. The monoisotopic (exact) mass is 498 g/mol. The molecule has 4 heterocycles. The van der Waals surface area contributed by atoms with E-state index in [4.69, 9.17) is 16.3 Å². The van der Waals surface area contributed by atoms with Crippen molar-refractivity contribution >= 4 is 23.3 Å². The van der Waals surface area contributed by atoms with Crippen LogP contribution in [0, 0.1) is 11.2 Å². The fourth-order valence-corrected chi connectivity index (χ4v) is 5.07. The minimum Gasteiger partial charge on any atom is -0.392 e. The van der Waals surface area contributed by atoms with Gasteiger partial charge in [0.2, 0.25) is 0 Å². The van der Waals surface area contributed by atoms with Gasteiger partial charge >= 0.3 is 0 Å². The van der Waals surface area contributed by atoms with Crippen molar-refractivity contribution in [1.82, 2.24) is 14.5 Å². The highest BCUT2D eigenvalue weighted by atomic mass is 35.5. The van der Waals surface area contributed by atoms with Crippen LogP contribution in [0.5, 0.6) is 0 Å². The number of hydrogen-bond donors (Lipinski definition) is 2. The number of aliphatic hydroxyl groups excluding tert-OH is 1. The number of halogens is 2. The van der Waals surface area contributed by atoms with E-state index in [1.54, 1.807) is 17.2 Å². The predicted molar refractivity (Wildman–Crippen MR) is 132 cm³/mol. The van der Waals surface area contributed by atoms with Gasteiger partial charge in [-0.15, -0.1) is 0 Å². The molecular weight excluding hydrogens is 471 g/mol. The molecule has 1 fully saturated rings. The van der Waals surface area contributed by atoms with Gasteiger partial charge in [0.15, 0.2) is 0 Å². The van der Waals surface area contributed by atoms with Gasteiger partial charge in [0.05, 0.1) is 30.3 Å². The molecule has 2 N–H and O–H groups in total. The van der Waals surface area contributed by atoms with E-state index < -0.39 is 5.82 Å². The smallest absolute Gasteiger partial charge is 0.270 e. The lowest BCUT2D eigenvalue weighted by atomic mass is 9.85. The molecule has 9 heteroatoms. The number of aliphatic hydroxyl groups is 1. The number of fused-ring (bicyclic) bond motifs is 1. The van der Waals surface area contributed by atoms with Crippen LogP contribution < -0.4 is 5.32 Å². The zero-order valence-corrected chi connectivity index (χ0v) is 20.5. The van der Waals surface area contributed by atoms with E-state index >= 15 is 0 Å². The van der Waals surface area contributed by atoms with Crippen molar-refractivity contribution in [3.63, 3.8) is 0 Å². The Morgan fingerprint density at radius 1 is 1.23 bits per heavy atom. The van der Waals surface area contributed by atoms with Crippen LogP contribution in [0.2, 0.25) is 5.02 Å². The first-order valence-corrected chi connectivity index (χ1v) is 12.0. The maximum Gasteiger partial charge on any atom is 0.270 e. The largest absolute Gasteiger partial charge is 0.392 e. The number of carbonyl (C=O) groups excluding carboxylic acids is 1. The summed E-state index contributed by atoms with van der Waals surface area (Å²) in [5.41, 5.74) is 3.18. The maximum absolute atomic E-state index is 13.7. The van der Waals surface area contributed by atoms with Crippen molar-refractivity contribution in [2.24, 2.45) is 5.41 Å². The normalized spacial score (nSPS) is 16.9. The Kier molecular flexibility index (Phi) is 6.29. The number of nitrogens with one attached hydrogen (secondary N) is 1. The third-order valence-corrected chi connectivity index (χ3v) is 6.86. The highest BCUT2D eigenvalue weighted by Gasteiger charge is 2.45. The van der Waals surface area contributed by atoms with Crippen LogP contribution >= 0.6 is 11.6 Å². The van der Waals surface area contributed by atoms with Crippen LogP contribution in [0.25, 0.3) is 11.1 Å². The van der Waals surface area contributed by atoms with Gasteiger partial charge in [-0.3, -0.25) is 4.79 Å². The first kappa shape index (κ1) is 23.8. The molecule has 2 aliphatic heterocycles. The summed E-state index contributed by atoms with van der Waals surface area (Å²) in [5, 5.41) is 13.5. The number of ether oxygens (including phenoxy) is 1. The third kappa shape index (κ3) is 4.66. The number of amides is 1. The lowest BCUT2D eigenvalue weighted by molar-refractivity contribution is -0.129. The summed E-state index contributed by atoms with van der Waals surface area (Å²) in [6.45, 7) is 6.31. The van der Waals surface area contributed by atoms with E-state index in [-0.39, 0.29) is 30.5 Å². The lowest BCUT2D eigenvalue weighted by Gasteiger charge is -2.43. The van der Waals surface area contributed by atoms with E-state index in [0.717, 1.165) is 16.7 Å². The predicted octanol–water partition coefficient (Wildman–Crippen LogP) is 4.33. The van der Waals surface area contributed by atoms with Crippen LogP contribution in [0.1, 0.15) is 35.5 Å². The van der Waals surface area contributed by atoms with Gasteiger partial charge in [-0.25, -0.2) is 9.37 Å². The SMILES string of the molecule is CC(C)Nc1cc(-c2cc3n(c2)CC2(COC2)CN(Cc2ccc(F)cc2CO)C3=O)c(Cl)cn1. The van der Waals surface area contributed by atoms with E-state index in [2.05, 4.69) is 10.3 Å². The molecule has 0 bridgehead atoms. The van der Waals surface area contributed by atoms with Crippen LogP contribution in [0.4, 0.5) is 10.2 Å². The summed E-state index contributed by atoms with van der Waals surface area (Å²) < 4.78 is 21.3.